The van der Waals surface area contributed by atoms with Crippen molar-refractivity contribution in [3.05, 3.63) is 29.3 Å². The van der Waals surface area contributed by atoms with E-state index in [-0.39, 0.29) is 0 Å². The molecule has 0 spiro atoms. The van der Waals surface area contributed by atoms with Crippen LogP contribution in [0.15, 0.2) is 23.1 Å². The van der Waals surface area contributed by atoms with Crippen molar-refractivity contribution in [3.8, 4) is 0 Å². The maximum atomic E-state index is 12.6. The number of hydrogen-bond donors (Lipinski definition) is 2. The molecular weight excluding hydrogens is 284 g/mol. The van der Waals surface area contributed by atoms with Gasteiger partial charge in [-0.15, -0.1) is 0 Å². The zero-order chi connectivity index (χ0) is 15.3. The zero-order valence-electron chi connectivity index (χ0n) is 12.8. The van der Waals surface area contributed by atoms with E-state index in [1.165, 1.54) is 19.3 Å². The minimum absolute atomic E-state index is 0.356. The van der Waals surface area contributed by atoms with E-state index in [1.54, 1.807) is 6.07 Å². The second-order valence-electron chi connectivity index (χ2n) is 5.86. The SMILES string of the molecule is CCc1ccc(CN)cc1S(=O)(=O)NCC1CCCCC1. The smallest absolute Gasteiger partial charge is 0.240 e. The van der Waals surface area contributed by atoms with Gasteiger partial charge in [0.1, 0.15) is 0 Å². The molecule has 0 bridgehead atoms. The summed E-state index contributed by atoms with van der Waals surface area (Å²) in [6, 6.07) is 5.48. The van der Waals surface area contributed by atoms with Crippen molar-refractivity contribution in [2.45, 2.75) is 56.9 Å². The monoisotopic (exact) mass is 310 g/mol. The van der Waals surface area contributed by atoms with E-state index in [1.807, 2.05) is 19.1 Å². The van der Waals surface area contributed by atoms with Crippen molar-refractivity contribution in [1.29, 1.82) is 0 Å². The average molecular weight is 310 g/mol. The lowest BCUT2D eigenvalue weighted by atomic mass is 9.90. The van der Waals surface area contributed by atoms with Crippen molar-refractivity contribution in [2.24, 2.45) is 11.7 Å². The summed E-state index contributed by atoms with van der Waals surface area (Å²) < 4.78 is 27.9. The van der Waals surface area contributed by atoms with Crippen LogP contribution in [0.25, 0.3) is 0 Å². The minimum Gasteiger partial charge on any atom is -0.326 e. The first kappa shape index (κ1) is 16.5. The summed E-state index contributed by atoms with van der Waals surface area (Å²) in [5, 5.41) is 0. The average Bonchev–Trinajstić information content (AvgIpc) is 2.53. The third-order valence-electron chi connectivity index (χ3n) is 4.32. The highest BCUT2D eigenvalue weighted by Crippen LogP contribution is 2.24. The molecular formula is C16H26N2O2S. The molecule has 1 aliphatic carbocycles. The van der Waals surface area contributed by atoms with Gasteiger partial charge in [0.2, 0.25) is 10.0 Å². The fourth-order valence-corrected chi connectivity index (χ4v) is 4.44. The van der Waals surface area contributed by atoms with Gasteiger partial charge in [0.05, 0.1) is 4.90 Å². The van der Waals surface area contributed by atoms with Crippen molar-refractivity contribution >= 4 is 10.0 Å². The first-order chi connectivity index (χ1) is 10.1. The molecule has 21 heavy (non-hydrogen) atoms. The molecule has 0 unspecified atom stereocenters. The highest BCUT2D eigenvalue weighted by molar-refractivity contribution is 7.89. The molecule has 1 saturated carbocycles. The topological polar surface area (TPSA) is 72.2 Å². The largest absolute Gasteiger partial charge is 0.326 e. The van der Waals surface area contributed by atoms with Gasteiger partial charge >= 0.3 is 0 Å². The van der Waals surface area contributed by atoms with Crippen LogP contribution in [-0.2, 0) is 23.0 Å². The molecule has 1 aromatic carbocycles. The Labute approximate surface area is 128 Å². The molecule has 1 fully saturated rings. The Bertz CT molecular complexity index is 564. The normalized spacial score (nSPS) is 17.0. The lowest BCUT2D eigenvalue weighted by molar-refractivity contribution is 0.357. The lowest BCUT2D eigenvalue weighted by Crippen LogP contribution is -2.31. The van der Waals surface area contributed by atoms with Crippen molar-refractivity contribution in [1.82, 2.24) is 4.72 Å². The standard InChI is InChI=1S/C16H26N2O2S/c1-2-15-9-8-14(11-17)10-16(15)21(19,20)18-12-13-6-4-3-5-7-13/h8-10,13,18H,2-7,11-12,17H2,1H3. The summed E-state index contributed by atoms with van der Waals surface area (Å²) in [7, 11) is -3.44. The van der Waals surface area contributed by atoms with E-state index in [0.29, 0.717) is 30.3 Å². The Balaban J connectivity index is 2.14. The minimum atomic E-state index is -3.44. The zero-order valence-corrected chi connectivity index (χ0v) is 13.6. The number of rotatable bonds is 6. The summed E-state index contributed by atoms with van der Waals surface area (Å²) in [6.07, 6.45) is 6.68. The van der Waals surface area contributed by atoms with E-state index in [0.717, 1.165) is 24.0 Å². The van der Waals surface area contributed by atoms with Gasteiger partial charge in [0, 0.05) is 13.1 Å². The van der Waals surface area contributed by atoms with Crippen LogP contribution in [0.5, 0.6) is 0 Å². The van der Waals surface area contributed by atoms with Crippen molar-refractivity contribution in [3.63, 3.8) is 0 Å². The molecule has 0 amide bonds. The molecule has 2 rings (SSSR count). The third-order valence-corrected chi connectivity index (χ3v) is 5.83. The van der Waals surface area contributed by atoms with Crippen LogP contribution in [0.4, 0.5) is 0 Å². The van der Waals surface area contributed by atoms with E-state index < -0.39 is 10.0 Å². The molecule has 3 N–H and O–H groups in total. The number of aryl methyl sites for hydroxylation is 1. The Morgan fingerprint density at radius 2 is 1.95 bits per heavy atom. The Hall–Kier alpha value is -0.910. The summed E-state index contributed by atoms with van der Waals surface area (Å²) in [5.74, 6) is 0.483. The van der Waals surface area contributed by atoms with Crippen LogP contribution in [0.2, 0.25) is 0 Å². The molecule has 4 nitrogen and oxygen atoms in total. The van der Waals surface area contributed by atoms with Gasteiger partial charge in [0.15, 0.2) is 0 Å². The van der Waals surface area contributed by atoms with Crippen LogP contribution in [0.3, 0.4) is 0 Å². The molecule has 0 atom stereocenters. The molecule has 118 valence electrons. The number of nitrogens with two attached hydrogens (primary N) is 1. The van der Waals surface area contributed by atoms with Gasteiger partial charge in [-0.2, -0.15) is 0 Å². The summed E-state index contributed by atoms with van der Waals surface area (Å²) >= 11 is 0. The molecule has 0 aliphatic heterocycles. The fourth-order valence-electron chi connectivity index (χ4n) is 2.96. The van der Waals surface area contributed by atoms with E-state index in [9.17, 15) is 8.42 Å². The number of sulfonamides is 1. The highest BCUT2D eigenvalue weighted by Gasteiger charge is 2.21. The lowest BCUT2D eigenvalue weighted by Gasteiger charge is -2.22. The second-order valence-corrected chi connectivity index (χ2v) is 7.59. The summed E-state index contributed by atoms with van der Waals surface area (Å²) in [6.45, 7) is 2.88. The fraction of sp³-hybridized carbons (Fsp3) is 0.625. The van der Waals surface area contributed by atoms with Gasteiger partial charge in [-0.3, -0.25) is 0 Å². The molecule has 0 heterocycles. The van der Waals surface area contributed by atoms with Gasteiger partial charge in [-0.1, -0.05) is 38.3 Å². The van der Waals surface area contributed by atoms with Crippen molar-refractivity contribution < 1.29 is 8.42 Å². The highest BCUT2D eigenvalue weighted by atomic mass is 32.2. The van der Waals surface area contributed by atoms with Crippen LogP contribution < -0.4 is 10.5 Å². The Kier molecular flexibility index (Phi) is 5.79. The maximum absolute atomic E-state index is 12.6. The predicted octanol–water partition coefficient (Wildman–Crippen LogP) is 2.57. The molecule has 0 radical (unpaired) electrons. The van der Waals surface area contributed by atoms with Gasteiger partial charge in [0.25, 0.3) is 0 Å². The molecule has 0 saturated heterocycles. The van der Waals surface area contributed by atoms with Crippen LogP contribution in [-0.4, -0.2) is 15.0 Å². The molecule has 1 aliphatic rings. The Morgan fingerprint density at radius 1 is 1.24 bits per heavy atom. The summed E-state index contributed by atoms with van der Waals surface area (Å²) in [5.41, 5.74) is 7.33. The Morgan fingerprint density at radius 3 is 2.57 bits per heavy atom. The van der Waals surface area contributed by atoms with Gasteiger partial charge in [-0.25, -0.2) is 13.1 Å². The quantitative estimate of drug-likeness (QED) is 0.848. The van der Waals surface area contributed by atoms with Crippen LogP contribution in [0.1, 0.15) is 50.2 Å². The number of hydrogen-bond acceptors (Lipinski definition) is 3. The van der Waals surface area contributed by atoms with Crippen LogP contribution in [0, 0.1) is 5.92 Å². The van der Waals surface area contributed by atoms with E-state index in [4.69, 9.17) is 5.73 Å². The second kappa shape index (κ2) is 7.38. The first-order valence-corrected chi connectivity index (χ1v) is 9.36. The van der Waals surface area contributed by atoms with Crippen LogP contribution >= 0.6 is 0 Å². The number of benzene rings is 1. The van der Waals surface area contributed by atoms with E-state index in [2.05, 4.69) is 4.72 Å². The molecule has 5 heteroatoms. The molecule has 0 aromatic heterocycles. The van der Waals surface area contributed by atoms with E-state index >= 15 is 0 Å². The van der Waals surface area contributed by atoms with Crippen molar-refractivity contribution in [2.75, 3.05) is 6.54 Å². The van der Waals surface area contributed by atoms with Gasteiger partial charge in [-0.05, 0) is 42.4 Å². The number of nitrogens with one attached hydrogen (secondary N) is 1. The predicted molar refractivity (Wildman–Crippen MR) is 85.5 cm³/mol. The molecule has 1 aromatic rings. The third kappa shape index (κ3) is 4.28. The first-order valence-electron chi connectivity index (χ1n) is 7.88. The van der Waals surface area contributed by atoms with Gasteiger partial charge < -0.3 is 5.73 Å². The maximum Gasteiger partial charge on any atom is 0.240 e. The summed E-state index contributed by atoms with van der Waals surface area (Å²) in [4.78, 5) is 0.392.